The molecule has 1 N–H and O–H groups in total. The van der Waals surface area contributed by atoms with E-state index >= 15 is 0 Å². The highest BCUT2D eigenvalue weighted by Crippen LogP contribution is 2.44. The smallest absolute Gasteiger partial charge is 0.414 e. The predicted molar refractivity (Wildman–Crippen MR) is 89.6 cm³/mol. The van der Waals surface area contributed by atoms with Crippen molar-refractivity contribution in [2.75, 3.05) is 0 Å². The number of nitrogens with zero attached hydrogens (tertiary/aromatic N) is 1. The molecule has 0 saturated carbocycles. The second-order valence-electron chi connectivity index (χ2n) is 9.12. The summed E-state index contributed by atoms with van der Waals surface area (Å²) >= 11 is 0. The van der Waals surface area contributed by atoms with Crippen molar-refractivity contribution < 1.29 is 19.1 Å². The molecule has 22 heavy (non-hydrogen) atoms. The Morgan fingerprint density at radius 2 is 1.68 bits per heavy atom. The lowest BCUT2D eigenvalue weighted by Crippen LogP contribution is -2.55. The molecule has 0 radical (unpaired) electrons. The third kappa shape index (κ3) is 4.32. The second kappa shape index (κ2) is 5.96. The summed E-state index contributed by atoms with van der Waals surface area (Å²) in [5, 5.41) is 9.61. The Hall–Kier alpha value is -0.883. The first-order chi connectivity index (χ1) is 9.67. The van der Waals surface area contributed by atoms with Gasteiger partial charge in [-0.15, -0.1) is 0 Å². The van der Waals surface area contributed by atoms with E-state index in [0.717, 1.165) is 4.90 Å². The van der Waals surface area contributed by atoms with Gasteiger partial charge < -0.3 is 9.53 Å². The van der Waals surface area contributed by atoms with E-state index < -0.39 is 27.5 Å². The van der Waals surface area contributed by atoms with E-state index in [0.29, 0.717) is 0 Å². The van der Waals surface area contributed by atoms with Gasteiger partial charge in [-0.25, -0.2) is 9.69 Å². The highest BCUT2D eigenvalue weighted by molar-refractivity contribution is 6.31. The van der Waals surface area contributed by atoms with E-state index in [1.807, 2.05) is 13.8 Å². The van der Waals surface area contributed by atoms with Crippen LogP contribution in [0, 0.1) is 11.3 Å². The summed E-state index contributed by atoms with van der Waals surface area (Å²) in [6.07, 6.45) is -0.902. The van der Waals surface area contributed by atoms with Crippen molar-refractivity contribution >= 4 is 21.8 Å². The molecule has 5 nitrogen and oxygen atoms in total. The van der Waals surface area contributed by atoms with Crippen molar-refractivity contribution in [3.05, 3.63) is 0 Å². The zero-order valence-corrected chi connectivity index (χ0v) is 16.6. The van der Waals surface area contributed by atoms with Crippen LogP contribution in [0.25, 0.3) is 0 Å². The average Bonchev–Trinajstić information content (AvgIpc) is 2.64. The van der Waals surface area contributed by atoms with Gasteiger partial charge in [-0.2, -0.15) is 0 Å². The molecular weight excluding hydrogens is 298 g/mol. The van der Waals surface area contributed by atoms with Crippen molar-refractivity contribution in [1.29, 1.82) is 0 Å². The van der Waals surface area contributed by atoms with Crippen molar-refractivity contribution in [2.45, 2.75) is 78.5 Å². The van der Waals surface area contributed by atoms with E-state index in [4.69, 9.17) is 4.43 Å². The van der Waals surface area contributed by atoms with Crippen LogP contribution in [0.5, 0.6) is 0 Å². The molecule has 0 spiro atoms. The van der Waals surface area contributed by atoms with Crippen LogP contribution < -0.4 is 0 Å². The highest BCUT2D eigenvalue weighted by atomic mass is 28.2. The molecule has 0 aromatic rings. The summed E-state index contributed by atoms with van der Waals surface area (Å²) < 4.78 is 6.21. The summed E-state index contributed by atoms with van der Waals surface area (Å²) in [5.74, 6) is -0.355. The van der Waals surface area contributed by atoms with Gasteiger partial charge in [0, 0.05) is 6.42 Å². The van der Waals surface area contributed by atoms with Crippen LogP contribution in [0.2, 0.25) is 5.04 Å². The van der Waals surface area contributed by atoms with E-state index in [1.54, 1.807) is 0 Å². The minimum atomic E-state index is -1.17. The fourth-order valence-electron chi connectivity index (χ4n) is 3.02. The van der Waals surface area contributed by atoms with Crippen molar-refractivity contribution in [3.63, 3.8) is 0 Å². The van der Waals surface area contributed by atoms with Crippen LogP contribution in [0.3, 0.4) is 0 Å². The summed E-state index contributed by atoms with van der Waals surface area (Å²) in [6.45, 7) is 16.4. The number of carbonyl (C=O) groups excluding carboxylic acids is 1. The van der Waals surface area contributed by atoms with Gasteiger partial charge in [0.05, 0.1) is 11.6 Å². The zero-order chi connectivity index (χ0) is 17.5. The van der Waals surface area contributed by atoms with Crippen LogP contribution in [0.4, 0.5) is 4.79 Å². The first-order valence-corrected chi connectivity index (χ1v) is 9.14. The Morgan fingerprint density at radius 1 is 1.18 bits per heavy atom. The molecule has 1 heterocycles. The molecule has 1 fully saturated rings. The Balaban J connectivity index is 3.15. The van der Waals surface area contributed by atoms with Gasteiger partial charge in [-0.05, 0) is 30.2 Å². The molecule has 128 valence electrons. The quantitative estimate of drug-likeness (QED) is 0.808. The molecule has 1 aliphatic heterocycles. The van der Waals surface area contributed by atoms with E-state index in [1.165, 1.54) is 0 Å². The zero-order valence-electron chi connectivity index (χ0n) is 15.2. The first kappa shape index (κ1) is 19.2. The fourth-order valence-corrected chi connectivity index (χ4v) is 4.00. The second-order valence-corrected chi connectivity index (χ2v) is 11.8. The molecule has 6 heteroatoms. The maximum absolute atomic E-state index is 12.2. The molecule has 0 aromatic carbocycles. The van der Waals surface area contributed by atoms with Gasteiger partial charge in [0.2, 0.25) is 5.91 Å². The maximum Gasteiger partial charge on any atom is 0.414 e. The van der Waals surface area contributed by atoms with Crippen LogP contribution in [-0.4, -0.2) is 43.4 Å². The van der Waals surface area contributed by atoms with Crippen LogP contribution in [-0.2, 0) is 9.22 Å². The number of carbonyl (C=O) groups is 2. The molecule has 2 amide bonds. The average molecular weight is 330 g/mol. The fraction of sp³-hybridized carbons (Fsp3) is 0.875. The summed E-state index contributed by atoms with van der Waals surface area (Å²) in [6, 6.07) is -0.438. The predicted octanol–water partition coefficient (Wildman–Crippen LogP) is 3.03. The Kier molecular flexibility index (Phi) is 5.19. The number of likely N-dealkylation sites (tertiary alicyclic amines) is 1. The third-order valence-electron chi connectivity index (χ3n) is 4.23. The van der Waals surface area contributed by atoms with Gasteiger partial charge in [0.1, 0.15) is 0 Å². The molecule has 0 bridgehead atoms. The van der Waals surface area contributed by atoms with Crippen molar-refractivity contribution in [2.24, 2.45) is 11.3 Å². The SMILES string of the molecule is CC(C)(C)[SiH2]OC(C)(C)C1C(C(C)(C)C)CC(=O)N1C(=O)O. The third-order valence-corrected chi connectivity index (χ3v) is 5.98. The number of hydrogen-bond acceptors (Lipinski definition) is 3. The number of amides is 2. The topological polar surface area (TPSA) is 66.8 Å². The van der Waals surface area contributed by atoms with Gasteiger partial charge in [-0.1, -0.05) is 41.5 Å². The number of imide groups is 1. The minimum absolute atomic E-state index is 0.0416. The summed E-state index contributed by atoms with van der Waals surface area (Å²) in [5.41, 5.74) is -0.823. The van der Waals surface area contributed by atoms with Gasteiger partial charge in [-0.3, -0.25) is 4.79 Å². The molecule has 1 aliphatic rings. The number of rotatable bonds is 3. The molecule has 0 aliphatic carbocycles. The van der Waals surface area contributed by atoms with E-state index in [2.05, 4.69) is 41.5 Å². The van der Waals surface area contributed by atoms with Crippen molar-refractivity contribution in [1.82, 2.24) is 4.90 Å². The van der Waals surface area contributed by atoms with Gasteiger partial charge in [0.15, 0.2) is 9.76 Å². The van der Waals surface area contributed by atoms with E-state index in [9.17, 15) is 14.7 Å². The Morgan fingerprint density at radius 3 is 2.05 bits per heavy atom. The molecular formula is C16H31NO4Si. The summed E-state index contributed by atoms with van der Waals surface area (Å²) in [7, 11) is -0.850. The van der Waals surface area contributed by atoms with Crippen LogP contribution in [0.15, 0.2) is 0 Å². The van der Waals surface area contributed by atoms with E-state index in [-0.39, 0.29) is 28.7 Å². The first-order valence-electron chi connectivity index (χ1n) is 7.86. The molecule has 1 rings (SSSR count). The standard InChI is InChI=1S/C16H31NO4Si/c1-14(2,3)10-9-11(18)17(13(19)20)12(10)16(7,8)21-22-15(4,5)6/h10,12H,9,22H2,1-8H3,(H,19,20). The highest BCUT2D eigenvalue weighted by Gasteiger charge is 2.54. The monoisotopic (exact) mass is 329 g/mol. The molecule has 1 saturated heterocycles. The Bertz CT molecular complexity index is 448. The van der Waals surface area contributed by atoms with Crippen molar-refractivity contribution in [3.8, 4) is 0 Å². The van der Waals surface area contributed by atoms with Crippen LogP contribution in [0.1, 0.15) is 61.8 Å². The Labute approximate surface area is 136 Å². The maximum atomic E-state index is 12.2. The lowest BCUT2D eigenvalue weighted by atomic mass is 9.72. The summed E-state index contributed by atoms with van der Waals surface area (Å²) in [4.78, 5) is 24.8. The van der Waals surface area contributed by atoms with Gasteiger partial charge in [0.25, 0.3) is 0 Å². The minimum Gasteiger partial charge on any atom is -0.465 e. The molecule has 0 aromatic heterocycles. The normalized spacial score (nSPS) is 24.5. The lowest BCUT2D eigenvalue weighted by molar-refractivity contribution is -0.129. The number of carboxylic acid groups (broad SMARTS) is 1. The number of hydrogen-bond donors (Lipinski definition) is 1. The largest absolute Gasteiger partial charge is 0.465 e. The molecule has 2 atom stereocenters. The lowest BCUT2D eigenvalue weighted by Gasteiger charge is -2.43. The van der Waals surface area contributed by atoms with Crippen LogP contribution >= 0.6 is 0 Å². The molecule has 2 unspecified atom stereocenters. The van der Waals surface area contributed by atoms with Gasteiger partial charge >= 0.3 is 6.09 Å².